The van der Waals surface area contributed by atoms with Gasteiger partial charge in [-0.05, 0) is 17.9 Å². The van der Waals surface area contributed by atoms with E-state index in [9.17, 15) is 9.90 Å². The second-order valence-electron chi connectivity index (χ2n) is 5.56. The molecule has 1 fully saturated rings. The molecule has 0 aromatic heterocycles. The lowest BCUT2D eigenvalue weighted by Gasteiger charge is -2.15. The fourth-order valence-electron chi connectivity index (χ4n) is 3.04. The Hall–Kier alpha value is -1.31. The molecule has 2 unspecified atom stereocenters. The highest BCUT2D eigenvalue weighted by atomic mass is 16.4. The minimum Gasteiger partial charge on any atom is -0.481 e. The van der Waals surface area contributed by atoms with Crippen molar-refractivity contribution in [1.82, 2.24) is 0 Å². The van der Waals surface area contributed by atoms with Crippen LogP contribution in [-0.2, 0) is 10.2 Å². The van der Waals surface area contributed by atoms with E-state index in [1.807, 2.05) is 39.0 Å². The van der Waals surface area contributed by atoms with Gasteiger partial charge in [-0.25, -0.2) is 0 Å². The van der Waals surface area contributed by atoms with Gasteiger partial charge in [0.05, 0.1) is 5.92 Å². The maximum absolute atomic E-state index is 11.3. The van der Waals surface area contributed by atoms with E-state index in [0.717, 1.165) is 5.56 Å². The fraction of sp³-hybridized carbons (Fsp3) is 0.500. The highest BCUT2D eigenvalue weighted by Crippen LogP contribution is 2.69. The highest BCUT2D eigenvalue weighted by Gasteiger charge is 2.72. The standard InChI is InChI=1S/C14H18O2/c1-9-6-5-7-10(8-9)14(4)11(12(15)16)13(14,2)3/h5-8,11H,1-4H3,(H,15,16). The van der Waals surface area contributed by atoms with Crippen LogP contribution < -0.4 is 0 Å². The predicted molar refractivity (Wildman–Crippen MR) is 63.4 cm³/mol. The minimum absolute atomic E-state index is 0.160. The molecule has 2 nitrogen and oxygen atoms in total. The predicted octanol–water partition coefficient (Wildman–Crippen LogP) is 2.99. The summed E-state index contributed by atoms with van der Waals surface area (Å²) in [5.41, 5.74) is 1.94. The largest absolute Gasteiger partial charge is 0.481 e. The minimum atomic E-state index is -0.686. The Balaban J connectivity index is 2.46. The number of aryl methyl sites for hydroxylation is 1. The van der Waals surface area contributed by atoms with Crippen LogP contribution in [0, 0.1) is 18.3 Å². The molecule has 0 saturated heterocycles. The van der Waals surface area contributed by atoms with E-state index < -0.39 is 5.97 Å². The first-order valence-electron chi connectivity index (χ1n) is 5.62. The number of carboxylic acid groups (broad SMARTS) is 1. The van der Waals surface area contributed by atoms with Crippen molar-refractivity contribution in [2.24, 2.45) is 11.3 Å². The van der Waals surface area contributed by atoms with Gasteiger partial charge >= 0.3 is 5.97 Å². The third kappa shape index (κ3) is 1.22. The molecule has 2 heteroatoms. The van der Waals surface area contributed by atoms with E-state index in [1.165, 1.54) is 5.56 Å². The SMILES string of the molecule is Cc1cccc(C2(C)C(C(=O)O)C2(C)C)c1. The molecule has 0 heterocycles. The van der Waals surface area contributed by atoms with Crippen LogP contribution >= 0.6 is 0 Å². The lowest BCUT2D eigenvalue weighted by atomic mass is 9.89. The molecule has 0 radical (unpaired) electrons. The summed E-state index contributed by atoms with van der Waals surface area (Å²) in [6.45, 7) is 8.17. The van der Waals surface area contributed by atoms with Gasteiger partial charge in [-0.1, -0.05) is 50.6 Å². The molecule has 1 N–H and O–H groups in total. The number of rotatable bonds is 2. The molecule has 1 aliphatic rings. The number of benzene rings is 1. The summed E-state index contributed by atoms with van der Waals surface area (Å²) in [6.07, 6.45) is 0. The molecule has 2 rings (SSSR count). The molecule has 86 valence electrons. The first-order valence-corrected chi connectivity index (χ1v) is 5.62. The van der Waals surface area contributed by atoms with Crippen LogP contribution in [-0.4, -0.2) is 11.1 Å². The third-order valence-corrected chi connectivity index (χ3v) is 4.42. The van der Waals surface area contributed by atoms with Crippen LogP contribution in [0.1, 0.15) is 31.9 Å². The molecule has 0 aliphatic heterocycles. The Morgan fingerprint density at radius 3 is 2.38 bits per heavy atom. The zero-order valence-electron chi connectivity index (χ0n) is 10.2. The summed E-state index contributed by atoms with van der Waals surface area (Å²) >= 11 is 0. The van der Waals surface area contributed by atoms with Crippen molar-refractivity contribution in [3.8, 4) is 0 Å². The summed E-state index contributed by atoms with van der Waals surface area (Å²) in [5.74, 6) is -0.962. The third-order valence-electron chi connectivity index (χ3n) is 4.42. The summed E-state index contributed by atoms with van der Waals surface area (Å²) in [5, 5.41) is 9.26. The van der Waals surface area contributed by atoms with Crippen molar-refractivity contribution in [2.45, 2.75) is 33.1 Å². The van der Waals surface area contributed by atoms with Crippen LogP contribution in [0.2, 0.25) is 0 Å². The van der Waals surface area contributed by atoms with Gasteiger partial charge in [-0.2, -0.15) is 0 Å². The Bertz CT molecular complexity index is 448. The average molecular weight is 218 g/mol. The molecular weight excluding hydrogens is 200 g/mol. The van der Waals surface area contributed by atoms with Gasteiger partial charge in [0, 0.05) is 5.41 Å². The lowest BCUT2D eigenvalue weighted by molar-refractivity contribution is -0.139. The maximum Gasteiger partial charge on any atom is 0.307 e. The molecule has 0 bridgehead atoms. The van der Waals surface area contributed by atoms with Crippen molar-refractivity contribution >= 4 is 5.97 Å². The fourth-order valence-corrected chi connectivity index (χ4v) is 3.04. The molecule has 1 aromatic rings. The van der Waals surface area contributed by atoms with E-state index >= 15 is 0 Å². The second kappa shape index (κ2) is 3.09. The Labute approximate surface area is 96.3 Å². The van der Waals surface area contributed by atoms with Gasteiger partial charge in [0.25, 0.3) is 0 Å². The highest BCUT2D eigenvalue weighted by molar-refractivity contribution is 5.79. The summed E-state index contributed by atoms with van der Waals surface area (Å²) in [6, 6.07) is 8.18. The molecule has 1 aromatic carbocycles. The van der Waals surface area contributed by atoms with Crippen LogP contribution in [0.4, 0.5) is 0 Å². The van der Waals surface area contributed by atoms with Gasteiger partial charge in [0.2, 0.25) is 0 Å². The van der Waals surface area contributed by atoms with E-state index in [2.05, 4.69) is 13.0 Å². The van der Waals surface area contributed by atoms with E-state index in [0.29, 0.717) is 0 Å². The number of carbonyl (C=O) groups is 1. The first kappa shape index (κ1) is 11.2. The number of aliphatic carboxylic acids is 1. The summed E-state index contributed by atoms with van der Waals surface area (Å²) < 4.78 is 0. The van der Waals surface area contributed by atoms with Crippen LogP contribution in [0.25, 0.3) is 0 Å². The molecule has 1 saturated carbocycles. The number of carboxylic acids is 1. The van der Waals surface area contributed by atoms with Gasteiger partial charge < -0.3 is 5.11 Å². The van der Waals surface area contributed by atoms with Crippen molar-refractivity contribution in [1.29, 1.82) is 0 Å². The Morgan fingerprint density at radius 1 is 1.31 bits per heavy atom. The van der Waals surface area contributed by atoms with Gasteiger partial charge in [-0.3, -0.25) is 4.79 Å². The zero-order chi connectivity index (χ0) is 12.1. The number of hydrogen-bond donors (Lipinski definition) is 1. The molecule has 0 amide bonds. The molecule has 16 heavy (non-hydrogen) atoms. The van der Waals surface area contributed by atoms with Crippen LogP contribution in [0.3, 0.4) is 0 Å². The van der Waals surface area contributed by atoms with Gasteiger partial charge in [0.15, 0.2) is 0 Å². The van der Waals surface area contributed by atoms with E-state index in [1.54, 1.807) is 0 Å². The maximum atomic E-state index is 11.3. The molecule has 0 spiro atoms. The van der Waals surface area contributed by atoms with Crippen molar-refractivity contribution in [2.75, 3.05) is 0 Å². The van der Waals surface area contributed by atoms with Crippen molar-refractivity contribution < 1.29 is 9.90 Å². The number of hydrogen-bond acceptors (Lipinski definition) is 1. The average Bonchev–Trinajstić information content (AvgIpc) is 2.62. The smallest absolute Gasteiger partial charge is 0.307 e. The quantitative estimate of drug-likeness (QED) is 0.828. The van der Waals surface area contributed by atoms with Crippen LogP contribution in [0.5, 0.6) is 0 Å². The summed E-state index contributed by atoms with van der Waals surface area (Å²) in [4.78, 5) is 11.3. The van der Waals surface area contributed by atoms with E-state index in [-0.39, 0.29) is 16.7 Å². The lowest BCUT2D eigenvalue weighted by Crippen LogP contribution is -2.12. The van der Waals surface area contributed by atoms with Gasteiger partial charge in [-0.15, -0.1) is 0 Å². The monoisotopic (exact) mass is 218 g/mol. The topological polar surface area (TPSA) is 37.3 Å². The molecule has 1 aliphatic carbocycles. The zero-order valence-corrected chi connectivity index (χ0v) is 10.2. The van der Waals surface area contributed by atoms with Crippen molar-refractivity contribution in [3.05, 3.63) is 35.4 Å². The molecular formula is C14H18O2. The van der Waals surface area contributed by atoms with Crippen molar-refractivity contribution in [3.63, 3.8) is 0 Å². The second-order valence-corrected chi connectivity index (χ2v) is 5.56. The Morgan fingerprint density at radius 2 is 1.94 bits per heavy atom. The summed E-state index contributed by atoms with van der Waals surface area (Å²) in [7, 11) is 0. The normalized spacial score (nSPS) is 31.1. The van der Waals surface area contributed by atoms with E-state index in [4.69, 9.17) is 0 Å². The van der Waals surface area contributed by atoms with Gasteiger partial charge in [0.1, 0.15) is 0 Å². The molecule has 2 atom stereocenters. The van der Waals surface area contributed by atoms with Crippen LogP contribution in [0.15, 0.2) is 24.3 Å². The first-order chi connectivity index (χ1) is 7.31. The Kier molecular flexibility index (Phi) is 2.16.